The van der Waals surface area contributed by atoms with Gasteiger partial charge in [0, 0.05) is 28.6 Å². The average molecular weight is 568 g/mol. The molecule has 0 aromatic heterocycles. The molecule has 202 valence electrons. The summed E-state index contributed by atoms with van der Waals surface area (Å²) < 4.78 is 0. The summed E-state index contributed by atoms with van der Waals surface area (Å²) >= 11 is 12.2. The molecule has 0 saturated carbocycles. The lowest BCUT2D eigenvalue weighted by Crippen LogP contribution is -2.44. The number of primary amides is 1. The van der Waals surface area contributed by atoms with Crippen molar-refractivity contribution in [1.82, 2.24) is 4.90 Å². The molecule has 1 aliphatic heterocycles. The van der Waals surface area contributed by atoms with Gasteiger partial charge in [-0.15, -0.1) is 0 Å². The SMILES string of the molecule is C[C@H](c1ccc(Cl)cc1)N1C(=O)c2cc(C(N)=O)ccc2N(CCCCC(=O)O)C(=O)[C@@H]1c1ccc(Cl)cc1. The molecular weight excluding hydrogens is 541 g/mol. The minimum atomic E-state index is -1.04. The molecule has 8 nitrogen and oxygen atoms in total. The van der Waals surface area contributed by atoms with Crippen LogP contribution < -0.4 is 10.6 Å². The Labute approximate surface area is 235 Å². The lowest BCUT2D eigenvalue weighted by atomic mass is 9.98. The fourth-order valence-electron chi connectivity index (χ4n) is 4.76. The molecule has 0 fully saturated rings. The number of unbranched alkanes of at least 4 members (excludes halogenated alkanes) is 1. The van der Waals surface area contributed by atoms with E-state index >= 15 is 0 Å². The molecule has 2 atom stereocenters. The fraction of sp³-hybridized carbons (Fsp3) is 0.241. The van der Waals surface area contributed by atoms with Gasteiger partial charge in [-0.05, 0) is 73.4 Å². The smallest absolute Gasteiger partial charge is 0.303 e. The van der Waals surface area contributed by atoms with E-state index in [2.05, 4.69) is 0 Å². The van der Waals surface area contributed by atoms with E-state index in [0.717, 1.165) is 5.56 Å². The van der Waals surface area contributed by atoms with Crippen LogP contribution in [0.3, 0.4) is 0 Å². The summed E-state index contributed by atoms with van der Waals surface area (Å²) in [6.45, 7) is 1.99. The molecule has 0 unspecified atom stereocenters. The third-order valence-corrected chi connectivity index (χ3v) is 7.30. The number of halogens is 2. The van der Waals surface area contributed by atoms with Crippen LogP contribution in [0.15, 0.2) is 66.7 Å². The molecule has 3 amide bonds. The van der Waals surface area contributed by atoms with Crippen molar-refractivity contribution in [2.24, 2.45) is 5.73 Å². The molecule has 0 radical (unpaired) electrons. The van der Waals surface area contributed by atoms with E-state index in [-0.39, 0.29) is 30.0 Å². The van der Waals surface area contributed by atoms with Gasteiger partial charge in [-0.3, -0.25) is 19.2 Å². The lowest BCUT2D eigenvalue weighted by molar-refractivity contribution is -0.137. The Balaban J connectivity index is 1.89. The Hall–Kier alpha value is -3.88. The Morgan fingerprint density at radius 1 is 0.949 bits per heavy atom. The second-order valence-electron chi connectivity index (χ2n) is 9.33. The van der Waals surface area contributed by atoms with E-state index in [0.29, 0.717) is 34.1 Å². The van der Waals surface area contributed by atoms with Crippen LogP contribution in [-0.2, 0) is 9.59 Å². The molecule has 0 spiro atoms. The summed E-state index contributed by atoms with van der Waals surface area (Å²) in [7, 11) is 0. The first-order valence-electron chi connectivity index (χ1n) is 12.4. The topological polar surface area (TPSA) is 121 Å². The molecule has 3 N–H and O–H groups in total. The van der Waals surface area contributed by atoms with Crippen LogP contribution in [0.1, 0.15) is 70.1 Å². The van der Waals surface area contributed by atoms with Crippen molar-refractivity contribution < 1.29 is 24.3 Å². The van der Waals surface area contributed by atoms with E-state index in [1.807, 2.05) is 6.92 Å². The van der Waals surface area contributed by atoms with E-state index in [1.165, 1.54) is 28.0 Å². The van der Waals surface area contributed by atoms with Gasteiger partial charge < -0.3 is 20.6 Å². The van der Waals surface area contributed by atoms with E-state index in [1.54, 1.807) is 48.5 Å². The van der Waals surface area contributed by atoms with Gasteiger partial charge in [0.15, 0.2) is 0 Å². The van der Waals surface area contributed by atoms with Crippen LogP contribution in [0.5, 0.6) is 0 Å². The highest BCUT2D eigenvalue weighted by molar-refractivity contribution is 6.30. The molecule has 0 saturated heterocycles. The van der Waals surface area contributed by atoms with Crippen molar-refractivity contribution in [2.45, 2.75) is 38.3 Å². The van der Waals surface area contributed by atoms with E-state index < -0.39 is 29.9 Å². The zero-order valence-corrected chi connectivity index (χ0v) is 22.7. The predicted molar refractivity (Wildman–Crippen MR) is 149 cm³/mol. The number of rotatable bonds is 9. The number of anilines is 1. The van der Waals surface area contributed by atoms with Crippen molar-refractivity contribution >= 4 is 52.6 Å². The summed E-state index contributed by atoms with van der Waals surface area (Å²) in [6, 6.07) is 16.5. The first-order chi connectivity index (χ1) is 18.6. The predicted octanol–water partition coefficient (Wildman–Crippen LogP) is 5.64. The third-order valence-electron chi connectivity index (χ3n) is 6.79. The number of carbonyl (C=O) groups is 4. The highest BCUT2D eigenvalue weighted by Crippen LogP contribution is 2.40. The first kappa shape index (κ1) is 28.1. The van der Waals surface area contributed by atoms with Gasteiger partial charge in [-0.2, -0.15) is 0 Å². The maximum absolute atomic E-state index is 14.4. The number of amides is 3. The van der Waals surface area contributed by atoms with E-state index in [9.17, 15) is 19.2 Å². The largest absolute Gasteiger partial charge is 0.481 e. The van der Waals surface area contributed by atoms with Gasteiger partial charge in [0.1, 0.15) is 6.04 Å². The molecule has 0 aliphatic carbocycles. The van der Waals surface area contributed by atoms with Crippen LogP contribution >= 0.6 is 23.2 Å². The average Bonchev–Trinajstić information content (AvgIpc) is 2.99. The highest BCUT2D eigenvalue weighted by Gasteiger charge is 2.43. The number of fused-ring (bicyclic) bond motifs is 1. The number of hydrogen-bond donors (Lipinski definition) is 2. The summed E-state index contributed by atoms with van der Waals surface area (Å²) in [5, 5.41) is 10.1. The van der Waals surface area contributed by atoms with Crippen molar-refractivity contribution in [1.29, 1.82) is 0 Å². The number of nitrogens with two attached hydrogens (primary N) is 1. The van der Waals surface area contributed by atoms with Crippen LogP contribution in [-0.4, -0.2) is 40.2 Å². The normalized spacial score (nSPS) is 16.0. The van der Waals surface area contributed by atoms with Gasteiger partial charge >= 0.3 is 5.97 Å². The van der Waals surface area contributed by atoms with Crippen molar-refractivity contribution in [3.05, 3.63) is 99.0 Å². The number of benzene rings is 3. The summed E-state index contributed by atoms with van der Waals surface area (Å²) in [6.07, 6.45) is 0.691. The molecule has 1 heterocycles. The van der Waals surface area contributed by atoms with Gasteiger partial charge in [0.25, 0.3) is 11.8 Å². The molecule has 39 heavy (non-hydrogen) atoms. The van der Waals surface area contributed by atoms with Gasteiger partial charge in [0.2, 0.25) is 5.91 Å². The van der Waals surface area contributed by atoms with Crippen molar-refractivity contribution in [3.8, 4) is 0 Å². The van der Waals surface area contributed by atoms with Crippen LogP contribution in [0.25, 0.3) is 0 Å². The Bertz CT molecular complexity index is 1410. The number of carboxylic acids is 1. The van der Waals surface area contributed by atoms with Crippen molar-refractivity contribution in [3.63, 3.8) is 0 Å². The molecule has 3 aromatic rings. The summed E-state index contributed by atoms with van der Waals surface area (Å²) in [5.41, 5.74) is 7.44. The standard InChI is InChI=1S/C29H27Cl2N3O5/c1-17(18-5-10-21(30)11-6-18)34-26(19-7-12-22(31)13-8-19)29(39)33(15-3-2-4-25(35)36)24-14-9-20(27(32)37)16-23(24)28(34)38/h5-14,16-17,26H,2-4,15H2,1H3,(H2,32,37)(H,35,36)/t17-,26+/m1/s1. The maximum atomic E-state index is 14.4. The number of carboxylic acid groups (broad SMARTS) is 1. The number of nitrogens with zero attached hydrogens (tertiary/aromatic N) is 2. The van der Waals surface area contributed by atoms with E-state index in [4.69, 9.17) is 34.0 Å². The molecule has 3 aromatic carbocycles. The third kappa shape index (κ3) is 6.08. The van der Waals surface area contributed by atoms with Gasteiger partial charge in [0.05, 0.1) is 17.3 Å². The Morgan fingerprint density at radius 3 is 2.15 bits per heavy atom. The monoisotopic (exact) mass is 567 g/mol. The summed E-state index contributed by atoms with van der Waals surface area (Å²) in [4.78, 5) is 54.7. The Kier molecular flexibility index (Phi) is 8.57. The van der Waals surface area contributed by atoms with Crippen molar-refractivity contribution in [2.75, 3.05) is 11.4 Å². The molecule has 1 aliphatic rings. The van der Waals surface area contributed by atoms with Crippen LogP contribution in [0, 0.1) is 0 Å². The summed E-state index contributed by atoms with van der Waals surface area (Å²) in [5.74, 6) is -2.47. The quantitative estimate of drug-likeness (QED) is 0.324. The highest BCUT2D eigenvalue weighted by atomic mass is 35.5. The second-order valence-corrected chi connectivity index (χ2v) is 10.2. The van der Waals surface area contributed by atoms with Gasteiger partial charge in [-0.1, -0.05) is 47.5 Å². The molecule has 4 rings (SSSR count). The zero-order valence-electron chi connectivity index (χ0n) is 21.1. The minimum Gasteiger partial charge on any atom is -0.481 e. The first-order valence-corrected chi connectivity index (χ1v) is 13.1. The number of aliphatic carboxylic acids is 1. The zero-order chi connectivity index (χ0) is 28.3. The maximum Gasteiger partial charge on any atom is 0.303 e. The van der Waals surface area contributed by atoms with Crippen LogP contribution in [0.4, 0.5) is 5.69 Å². The fourth-order valence-corrected chi connectivity index (χ4v) is 5.02. The minimum absolute atomic E-state index is 0.0469. The number of hydrogen-bond acceptors (Lipinski definition) is 4. The second kappa shape index (κ2) is 11.9. The Morgan fingerprint density at radius 2 is 1.56 bits per heavy atom. The lowest BCUT2D eigenvalue weighted by Gasteiger charge is -2.36. The molecule has 0 bridgehead atoms. The number of carbonyl (C=O) groups excluding carboxylic acids is 3. The van der Waals surface area contributed by atoms with Crippen LogP contribution in [0.2, 0.25) is 10.0 Å². The van der Waals surface area contributed by atoms with Gasteiger partial charge in [-0.25, -0.2) is 0 Å². The molecule has 10 heteroatoms. The molecular formula is C29H27Cl2N3O5.